The SMILES string of the molecule is CC(C)OC[C@]12CC[C@@H](C)N1C[C@H](F)C2. The maximum atomic E-state index is 13.5. The lowest BCUT2D eigenvalue weighted by molar-refractivity contribution is -0.00371. The van der Waals surface area contributed by atoms with Crippen molar-refractivity contribution in [3.8, 4) is 0 Å². The lowest BCUT2D eigenvalue weighted by atomic mass is 9.94. The van der Waals surface area contributed by atoms with Gasteiger partial charge >= 0.3 is 0 Å². The highest BCUT2D eigenvalue weighted by atomic mass is 19.1. The molecule has 2 fully saturated rings. The van der Waals surface area contributed by atoms with Gasteiger partial charge in [-0.3, -0.25) is 4.90 Å². The number of halogens is 1. The van der Waals surface area contributed by atoms with Crippen LogP contribution in [-0.2, 0) is 4.74 Å². The Morgan fingerprint density at radius 1 is 1.53 bits per heavy atom. The monoisotopic (exact) mass is 215 g/mol. The van der Waals surface area contributed by atoms with Gasteiger partial charge in [0.2, 0.25) is 0 Å². The van der Waals surface area contributed by atoms with Crippen LogP contribution < -0.4 is 0 Å². The zero-order valence-electron chi connectivity index (χ0n) is 10.0. The van der Waals surface area contributed by atoms with E-state index in [1.54, 1.807) is 0 Å². The molecule has 0 saturated carbocycles. The second kappa shape index (κ2) is 4.02. The van der Waals surface area contributed by atoms with E-state index in [2.05, 4.69) is 11.8 Å². The molecule has 3 atom stereocenters. The molecule has 0 spiro atoms. The number of rotatable bonds is 3. The molecule has 0 radical (unpaired) electrons. The first kappa shape index (κ1) is 11.3. The van der Waals surface area contributed by atoms with E-state index in [1.165, 1.54) is 6.42 Å². The highest BCUT2D eigenvalue weighted by Gasteiger charge is 2.51. The number of fused-ring (bicyclic) bond motifs is 1. The minimum atomic E-state index is -0.650. The van der Waals surface area contributed by atoms with Crippen LogP contribution in [0, 0.1) is 0 Å². The fraction of sp³-hybridized carbons (Fsp3) is 1.00. The molecule has 15 heavy (non-hydrogen) atoms. The van der Waals surface area contributed by atoms with E-state index in [9.17, 15) is 4.39 Å². The first-order chi connectivity index (χ1) is 7.03. The summed E-state index contributed by atoms with van der Waals surface area (Å²) in [6.07, 6.45) is 2.55. The Hall–Kier alpha value is -0.150. The predicted molar refractivity (Wildman–Crippen MR) is 58.7 cm³/mol. The summed E-state index contributed by atoms with van der Waals surface area (Å²) in [6, 6.07) is 0.529. The van der Waals surface area contributed by atoms with E-state index in [1.807, 2.05) is 13.8 Å². The predicted octanol–water partition coefficient (Wildman–Crippen LogP) is 2.38. The molecule has 88 valence electrons. The topological polar surface area (TPSA) is 12.5 Å². The van der Waals surface area contributed by atoms with E-state index in [0.29, 0.717) is 25.6 Å². The van der Waals surface area contributed by atoms with Gasteiger partial charge in [0.15, 0.2) is 0 Å². The maximum absolute atomic E-state index is 13.5. The van der Waals surface area contributed by atoms with E-state index >= 15 is 0 Å². The maximum Gasteiger partial charge on any atom is 0.115 e. The third kappa shape index (κ3) is 2.04. The van der Waals surface area contributed by atoms with Gasteiger partial charge in [-0.25, -0.2) is 4.39 Å². The van der Waals surface area contributed by atoms with Crippen molar-refractivity contribution < 1.29 is 9.13 Å². The molecule has 2 aliphatic heterocycles. The summed E-state index contributed by atoms with van der Waals surface area (Å²) in [5.41, 5.74) is 0.0170. The Kier molecular flexibility index (Phi) is 3.04. The Bertz CT molecular complexity index is 234. The van der Waals surface area contributed by atoms with Gasteiger partial charge in [-0.05, 0) is 33.6 Å². The van der Waals surface area contributed by atoms with Crippen molar-refractivity contribution in [2.45, 2.75) is 63.9 Å². The van der Waals surface area contributed by atoms with Gasteiger partial charge in [-0.1, -0.05) is 0 Å². The molecule has 0 aliphatic carbocycles. The third-order valence-corrected chi connectivity index (χ3v) is 3.85. The molecule has 0 aromatic carbocycles. The van der Waals surface area contributed by atoms with E-state index in [0.717, 1.165) is 6.42 Å². The summed E-state index contributed by atoms with van der Waals surface area (Å²) in [5.74, 6) is 0. The highest BCUT2D eigenvalue weighted by Crippen LogP contribution is 2.43. The van der Waals surface area contributed by atoms with Crippen molar-refractivity contribution in [2.75, 3.05) is 13.2 Å². The quantitative estimate of drug-likeness (QED) is 0.716. The van der Waals surface area contributed by atoms with Crippen molar-refractivity contribution in [3.05, 3.63) is 0 Å². The van der Waals surface area contributed by atoms with E-state index in [4.69, 9.17) is 4.74 Å². The van der Waals surface area contributed by atoms with Crippen molar-refractivity contribution in [2.24, 2.45) is 0 Å². The first-order valence-corrected chi connectivity index (χ1v) is 6.06. The molecule has 3 heteroatoms. The van der Waals surface area contributed by atoms with Crippen LogP contribution in [0.5, 0.6) is 0 Å². The van der Waals surface area contributed by atoms with Gasteiger partial charge in [0, 0.05) is 24.5 Å². The largest absolute Gasteiger partial charge is 0.377 e. The molecule has 0 aromatic heterocycles. The van der Waals surface area contributed by atoms with Gasteiger partial charge in [-0.15, -0.1) is 0 Å². The second-order valence-corrected chi connectivity index (χ2v) is 5.43. The highest BCUT2D eigenvalue weighted by molar-refractivity contribution is 5.06. The Morgan fingerprint density at radius 2 is 2.27 bits per heavy atom. The average molecular weight is 215 g/mol. The van der Waals surface area contributed by atoms with E-state index < -0.39 is 6.17 Å². The van der Waals surface area contributed by atoms with Crippen LogP contribution >= 0.6 is 0 Å². The third-order valence-electron chi connectivity index (χ3n) is 3.85. The average Bonchev–Trinajstić information content (AvgIpc) is 2.62. The zero-order valence-corrected chi connectivity index (χ0v) is 10.0. The molecule has 0 amide bonds. The lowest BCUT2D eigenvalue weighted by Gasteiger charge is -2.34. The molecule has 0 unspecified atom stereocenters. The van der Waals surface area contributed by atoms with Crippen LogP contribution in [0.15, 0.2) is 0 Å². The molecule has 2 rings (SSSR count). The Morgan fingerprint density at radius 3 is 2.93 bits per heavy atom. The van der Waals surface area contributed by atoms with Crippen LogP contribution in [0.2, 0.25) is 0 Å². The van der Waals surface area contributed by atoms with Crippen LogP contribution in [0.3, 0.4) is 0 Å². The summed E-state index contributed by atoms with van der Waals surface area (Å²) < 4.78 is 19.2. The molecule has 0 N–H and O–H groups in total. The fourth-order valence-electron chi connectivity index (χ4n) is 3.06. The molecule has 2 heterocycles. The lowest BCUT2D eigenvalue weighted by Crippen LogP contribution is -2.45. The van der Waals surface area contributed by atoms with Gasteiger partial charge in [0.25, 0.3) is 0 Å². The summed E-state index contributed by atoms with van der Waals surface area (Å²) in [7, 11) is 0. The first-order valence-electron chi connectivity index (χ1n) is 6.06. The molecular formula is C12H22FNO. The van der Waals surface area contributed by atoms with Gasteiger partial charge < -0.3 is 4.74 Å². The van der Waals surface area contributed by atoms with Gasteiger partial charge in [-0.2, -0.15) is 0 Å². The molecule has 0 aromatic rings. The van der Waals surface area contributed by atoms with Crippen LogP contribution in [0.1, 0.15) is 40.0 Å². The smallest absolute Gasteiger partial charge is 0.115 e. The van der Waals surface area contributed by atoms with Crippen molar-refractivity contribution in [3.63, 3.8) is 0 Å². The number of hydrogen-bond donors (Lipinski definition) is 0. The minimum absolute atomic E-state index is 0.0170. The molecular weight excluding hydrogens is 193 g/mol. The molecule has 2 nitrogen and oxygen atoms in total. The van der Waals surface area contributed by atoms with Gasteiger partial charge in [0.05, 0.1) is 12.7 Å². The van der Waals surface area contributed by atoms with Crippen molar-refractivity contribution in [1.82, 2.24) is 4.90 Å². The van der Waals surface area contributed by atoms with Crippen molar-refractivity contribution >= 4 is 0 Å². The van der Waals surface area contributed by atoms with Crippen LogP contribution in [0.4, 0.5) is 4.39 Å². The number of nitrogens with zero attached hydrogens (tertiary/aromatic N) is 1. The molecule has 2 saturated heterocycles. The second-order valence-electron chi connectivity index (χ2n) is 5.43. The Labute approximate surface area is 91.8 Å². The summed E-state index contributed by atoms with van der Waals surface area (Å²) >= 11 is 0. The number of hydrogen-bond acceptors (Lipinski definition) is 2. The Balaban J connectivity index is 2.04. The molecule has 0 bridgehead atoms. The zero-order chi connectivity index (χ0) is 11.1. The summed E-state index contributed by atoms with van der Waals surface area (Å²) in [5, 5.41) is 0. The van der Waals surface area contributed by atoms with Gasteiger partial charge in [0.1, 0.15) is 6.17 Å². The summed E-state index contributed by atoms with van der Waals surface area (Å²) in [6.45, 7) is 7.61. The summed E-state index contributed by atoms with van der Waals surface area (Å²) in [4.78, 5) is 2.33. The van der Waals surface area contributed by atoms with Crippen LogP contribution in [0.25, 0.3) is 0 Å². The standard InChI is InChI=1S/C12H22FNO/c1-9(2)15-8-12-5-4-10(3)14(12)7-11(13)6-12/h9-11H,4-8H2,1-3H3/t10-,11-,12-/m1/s1. The fourth-order valence-corrected chi connectivity index (χ4v) is 3.06. The molecule has 2 aliphatic rings. The normalized spacial score (nSPS) is 41.4. The number of alkyl halides is 1. The minimum Gasteiger partial charge on any atom is -0.377 e. The number of ether oxygens (including phenoxy) is 1. The van der Waals surface area contributed by atoms with Crippen LogP contribution in [-0.4, -0.2) is 41.9 Å². The van der Waals surface area contributed by atoms with Crippen molar-refractivity contribution in [1.29, 1.82) is 0 Å². The van der Waals surface area contributed by atoms with E-state index in [-0.39, 0.29) is 11.6 Å².